The third-order valence-corrected chi connectivity index (χ3v) is 6.46. The molecule has 1 fully saturated rings. The van der Waals surface area contributed by atoms with Crippen molar-refractivity contribution in [2.45, 2.75) is 43.3 Å². The molecule has 0 spiro atoms. The van der Waals surface area contributed by atoms with Gasteiger partial charge in [-0.15, -0.1) is 0 Å². The maximum Gasteiger partial charge on any atom is 0.530 e. The van der Waals surface area contributed by atoms with Crippen molar-refractivity contribution in [2.75, 3.05) is 6.61 Å². The van der Waals surface area contributed by atoms with Crippen LogP contribution in [-0.2, 0) is 34.5 Å². The van der Waals surface area contributed by atoms with E-state index in [1.54, 1.807) is 12.1 Å². The average molecular weight is 481 g/mol. The van der Waals surface area contributed by atoms with Crippen LogP contribution in [0.2, 0.25) is 0 Å². The van der Waals surface area contributed by atoms with Crippen molar-refractivity contribution in [3.63, 3.8) is 0 Å². The SMILES string of the molecule is O=C1C=CN([C@@H]2O[C@@](COP3(=O)OCc4ccccc4O3)(C(F)F)[C@@H](O)C2(F)F)C(=O)C1. The van der Waals surface area contributed by atoms with Crippen molar-refractivity contribution in [2.24, 2.45) is 0 Å². The zero-order valence-electron chi connectivity index (χ0n) is 16.0. The minimum Gasteiger partial charge on any atom is -0.404 e. The second kappa shape index (κ2) is 7.92. The number of benzene rings is 1. The Kier molecular flexibility index (Phi) is 5.66. The van der Waals surface area contributed by atoms with E-state index in [4.69, 9.17) is 18.3 Å². The fourth-order valence-electron chi connectivity index (χ4n) is 3.41. The molecule has 3 aliphatic heterocycles. The Bertz CT molecular complexity index is 1020. The van der Waals surface area contributed by atoms with Gasteiger partial charge in [0.25, 0.3) is 6.43 Å². The van der Waals surface area contributed by atoms with Gasteiger partial charge in [0.15, 0.2) is 17.5 Å². The quantitative estimate of drug-likeness (QED) is 0.388. The van der Waals surface area contributed by atoms with Gasteiger partial charge in [-0.2, -0.15) is 8.78 Å². The van der Waals surface area contributed by atoms with Crippen LogP contribution in [0, 0.1) is 0 Å². The molecule has 1 aromatic rings. The van der Waals surface area contributed by atoms with Gasteiger partial charge in [-0.1, -0.05) is 18.2 Å². The van der Waals surface area contributed by atoms with Gasteiger partial charge in [-0.3, -0.25) is 23.5 Å². The van der Waals surface area contributed by atoms with Gasteiger partial charge in [-0.05, 0) is 12.1 Å². The molecule has 14 heteroatoms. The van der Waals surface area contributed by atoms with E-state index in [-0.39, 0.29) is 17.3 Å². The molecule has 0 saturated carbocycles. The fourth-order valence-corrected chi connectivity index (χ4v) is 4.66. The van der Waals surface area contributed by atoms with Crippen molar-refractivity contribution in [3.8, 4) is 5.75 Å². The number of hydrogen-bond donors (Lipinski definition) is 1. The number of hydrogen-bond acceptors (Lipinski definition) is 8. The van der Waals surface area contributed by atoms with Gasteiger partial charge >= 0.3 is 13.7 Å². The zero-order valence-corrected chi connectivity index (χ0v) is 16.9. The molecule has 4 rings (SSSR count). The summed E-state index contributed by atoms with van der Waals surface area (Å²) in [6, 6.07) is 6.18. The first-order chi connectivity index (χ1) is 15.0. The highest BCUT2D eigenvalue weighted by molar-refractivity contribution is 7.49. The van der Waals surface area contributed by atoms with Crippen LogP contribution < -0.4 is 4.52 Å². The Morgan fingerprint density at radius 2 is 2.00 bits per heavy atom. The largest absolute Gasteiger partial charge is 0.530 e. The topological polar surface area (TPSA) is 112 Å². The maximum absolute atomic E-state index is 14.8. The molecule has 3 heterocycles. The number of aliphatic hydroxyl groups is 1. The van der Waals surface area contributed by atoms with E-state index in [1.807, 2.05) is 0 Å². The molecule has 0 aromatic heterocycles. The lowest BCUT2D eigenvalue weighted by Gasteiger charge is -2.33. The second-order valence-electron chi connectivity index (χ2n) is 7.26. The van der Waals surface area contributed by atoms with Crippen molar-refractivity contribution in [1.29, 1.82) is 0 Å². The summed E-state index contributed by atoms with van der Waals surface area (Å²) in [6.07, 6.45) is -8.91. The molecule has 1 N–H and O–H groups in total. The number of rotatable bonds is 5. The summed E-state index contributed by atoms with van der Waals surface area (Å²) in [4.78, 5) is 23.5. The number of aliphatic hydroxyl groups excluding tert-OH is 1. The number of phosphoric acid groups is 1. The zero-order chi connectivity index (χ0) is 23.3. The number of fused-ring (bicyclic) bond motifs is 1. The molecular formula is C18H16F4NO8P. The van der Waals surface area contributed by atoms with Gasteiger partial charge in [0.1, 0.15) is 5.75 Å². The lowest BCUT2D eigenvalue weighted by molar-refractivity contribution is -0.202. The van der Waals surface area contributed by atoms with Crippen LogP contribution in [-0.4, -0.2) is 58.6 Å². The third-order valence-electron chi connectivity index (χ3n) is 5.15. The molecule has 0 aliphatic carbocycles. The van der Waals surface area contributed by atoms with Crippen molar-refractivity contribution in [3.05, 3.63) is 42.1 Å². The van der Waals surface area contributed by atoms with Gasteiger partial charge in [0, 0.05) is 11.8 Å². The summed E-state index contributed by atoms with van der Waals surface area (Å²) in [5.41, 5.74) is -2.90. The molecular weight excluding hydrogens is 465 g/mol. The van der Waals surface area contributed by atoms with Gasteiger partial charge in [0.05, 0.1) is 19.6 Å². The number of alkyl halides is 4. The first-order valence-corrected chi connectivity index (χ1v) is 10.7. The van der Waals surface area contributed by atoms with E-state index in [9.17, 15) is 36.8 Å². The van der Waals surface area contributed by atoms with E-state index in [2.05, 4.69) is 0 Å². The van der Waals surface area contributed by atoms with E-state index in [0.29, 0.717) is 11.8 Å². The minimum absolute atomic E-state index is 0.0815. The highest BCUT2D eigenvalue weighted by Crippen LogP contribution is 2.56. The number of ketones is 1. The van der Waals surface area contributed by atoms with Crippen LogP contribution in [0.5, 0.6) is 5.75 Å². The van der Waals surface area contributed by atoms with Gasteiger partial charge in [0.2, 0.25) is 12.1 Å². The number of nitrogens with zero attached hydrogens (tertiary/aromatic N) is 1. The average Bonchev–Trinajstić information content (AvgIpc) is 2.94. The van der Waals surface area contributed by atoms with Crippen LogP contribution in [0.15, 0.2) is 36.5 Å². The predicted molar refractivity (Wildman–Crippen MR) is 95.6 cm³/mol. The van der Waals surface area contributed by atoms with Crippen LogP contribution in [0.4, 0.5) is 17.6 Å². The third kappa shape index (κ3) is 3.73. The first-order valence-electron chi connectivity index (χ1n) is 9.19. The van der Waals surface area contributed by atoms with Crippen LogP contribution in [0.25, 0.3) is 0 Å². The number of carbonyl (C=O) groups excluding carboxylic acids is 2. The number of phosphoric ester groups is 1. The molecule has 174 valence electrons. The number of allylic oxidation sites excluding steroid dienone is 1. The Balaban J connectivity index is 1.58. The fraction of sp³-hybridized carbons (Fsp3) is 0.444. The standard InChI is InChI=1S/C18H16F4NO8P/c19-15(20)17(9-29-32(27)28-8-10-3-1-2-4-12(10)31-32)14(26)18(21,22)16(30-17)23-6-5-11(24)7-13(23)25/h1-6,14-16,26H,7-9H2/t14-,16-,17-,32?/m1/s1. The Morgan fingerprint density at radius 1 is 1.28 bits per heavy atom. The molecule has 3 aliphatic rings. The summed E-state index contributed by atoms with van der Waals surface area (Å²) in [5, 5.41) is 10.1. The van der Waals surface area contributed by atoms with Crippen LogP contribution in [0.3, 0.4) is 0 Å². The predicted octanol–water partition coefficient (Wildman–Crippen LogP) is 2.39. The smallest absolute Gasteiger partial charge is 0.404 e. The van der Waals surface area contributed by atoms with Crippen molar-refractivity contribution in [1.82, 2.24) is 4.90 Å². The van der Waals surface area contributed by atoms with Gasteiger partial charge in [-0.25, -0.2) is 13.3 Å². The Labute approximate surface area is 178 Å². The van der Waals surface area contributed by atoms with Crippen LogP contribution >= 0.6 is 7.82 Å². The summed E-state index contributed by atoms with van der Waals surface area (Å²) >= 11 is 0. The number of ether oxygens (including phenoxy) is 1. The Hall–Kier alpha value is -2.31. The molecule has 1 saturated heterocycles. The molecule has 4 atom stereocenters. The van der Waals surface area contributed by atoms with Crippen molar-refractivity contribution >= 4 is 19.5 Å². The van der Waals surface area contributed by atoms with Gasteiger partial charge < -0.3 is 14.4 Å². The van der Waals surface area contributed by atoms with E-state index >= 15 is 0 Å². The molecule has 9 nitrogen and oxygen atoms in total. The summed E-state index contributed by atoms with van der Waals surface area (Å²) in [7, 11) is -4.53. The molecule has 1 unspecified atom stereocenters. The first kappa shape index (κ1) is 22.9. The molecule has 1 amide bonds. The summed E-state index contributed by atoms with van der Waals surface area (Å²) < 4.78 is 89.9. The lowest BCUT2D eigenvalue weighted by Crippen LogP contribution is -2.54. The number of amides is 1. The molecule has 32 heavy (non-hydrogen) atoms. The normalized spacial score (nSPS) is 34.0. The second-order valence-corrected chi connectivity index (χ2v) is 8.85. The van der Waals surface area contributed by atoms with E-state index in [1.165, 1.54) is 12.1 Å². The highest BCUT2D eigenvalue weighted by atomic mass is 31.2. The Morgan fingerprint density at radius 3 is 2.69 bits per heavy atom. The summed E-state index contributed by atoms with van der Waals surface area (Å²) in [6.45, 7) is -1.78. The highest BCUT2D eigenvalue weighted by Gasteiger charge is 2.72. The molecule has 0 radical (unpaired) electrons. The van der Waals surface area contributed by atoms with E-state index in [0.717, 1.165) is 6.08 Å². The van der Waals surface area contributed by atoms with E-state index < -0.39 is 62.8 Å². The monoisotopic (exact) mass is 481 g/mol. The number of carbonyl (C=O) groups is 2. The molecule has 1 aromatic carbocycles. The summed E-state index contributed by atoms with van der Waals surface area (Å²) in [5.74, 6) is -6.13. The minimum atomic E-state index is -4.53. The van der Waals surface area contributed by atoms with Crippen LogP contribution in [0.1, 0.15) is 12.0 Å². The molecule has 0 bridgehead atoms. The number of halogens is 4. The van der Waals surface area contributed by atoms with Crippen molar-refractivity contribution < 1.29 is 55.1 Å². The maximum atomic E-state index is 14.8. The number of para-hydroxylation sites is 1. The lowest BCUT2D eigenvalue weighted by atomic mass is 9.95.